The summed E-state index contributed by atoms with van der Waals surface area (Å²) < 4.78 is 33.9. The van der Waals surface area contributed by atoms with E-state index < -0.39 is 26.5 Å². The largest absolute Gasteiger partial charge is 0.756 e. The van der Waals surface area contributed by atoms with E-state index in [0.29, 0.717) is 17.4 Å². The van der Waals surface area contributed by atoms with E-state index in [4.69, 9.17) is 18.5 Å². The summed E-state index contributed by atoms with van der Waals surface area (Å²) in [7, 11) is 1.17. The number of hydrogen-bond donors (Lipinski definition) is 0. The van der Waals surface area contributed by atoms with Crippen molar-refractivity contribution in [2.75, 3.05) is 47.5 Å². The highest BCUT2D eigenvalue weighted by Crippen LogP contribution is 2.38. The molecule has 0 radical (unpaired) electrons. The van der Waals surface area contributed by atoms with Crippen molar-refractivity contribution >= 4 is 19.8 Å². The number of hydrogen-bond acceptors (Lipinski definition) is 8. The molecule has 0 aromatic heterocycles. The molecule has 332 valence electrons. The maximum atomic E-state index is 12.6. The van der Waals surface area contributed by atoms with Crippen LogP contribution in [0.25, 0.3) is 0 Å². The Labute approximate surface area is 346 Å². The minimum atomic E-state index is -4.62. The Bertz CT molecular complexity index is 969. The van der Waals surface area contributed by atoms with E-state index in [2.05, 4.69) is 26.0 Å². The summed E-state index contributed by atoms with van der Waals surface area (Å²) in [5.41, 5.74) is 0. The van der Waals surface area contributed by atoms with Crippen LogP contribution in [0.4, 0.5) is 0 Å². The molecule has 0 N–H and O–H groups in total. The number of nitrogens with zero attached hydrogens (tertiary/aromatic N) is 1. The predicted molar refractivity (Wildman–Crippen MR) is 231 cm³/mol. The van der Waals surface area contributed by atoms with Gasteiger partial charge in [0, 0.05) is 12.8 Å². The van der Waals surface area contributed by atoms with E-state index >= 15 is 0 Å². The standard InChI is InChI=1S/C46H90NO8P/c1-6-8-10-12-14-16-18-19-20-21-22-23-24-25-26-27-29-30-32-34-36-38-45(48)52-42-44(43-54-56(50,51)53-41-40-47(3,4)5)55-46(49)39-37-35-33-31-28-17-15-13-11-9-7-2/h13,15,44H,6-12,14,16-43H2,1-5H3/b15-13+/t44-/m0/s1. The van der Waals surface area contributed by atoms with Crippen LogP contribution in [0.3, 0.4) is 0 Å². The Kier molecular flexibility index (Phi) is 38.3. The van der Waals surface area contributed by atoms with Gasteiger partial charge >= 0.3 is 11.9 Å². The number of unbranched alkanes of at least 4 members (excludes halogenated alkanes) is 27. The van der Waals surface area contributed by atoms with E-state index in [0.717, 1.165) is 57.8 Å². The highest BCUT2D eigenvalue weighted by Gasteiger charge is 2.21. The van der Waals surface area contributed by atoms with Crippen LogP contribution in [0, 0.1) is 0 Å². The molecule has 9 nitrogen and oxygen atoms in total. The summed E-state index contributed by atoms with van der Waals surface area (Å²) >= 11 is 0. The van der Waals surface area contributed by atoms with Crippen LogP contribution in [0.2, 0.25) is 0 Å². The fourth-order valence-corrected chi connectivity index (χ4v) is 7.31. The number of rotatable bonds is 43. The van der Waals surface area contributed by atoms with E-state index in [1.165, 1.54) is 128 Å². The molecule has 0 spiro atoms. The van der Waals surface area contributed by atoms with Gasteiger partial charge in [-0.2, -0.15) is 0 Å². The molecule has 0 saturated carbocycles. The summed E-state index contributed by atoms with van der Waals surface area (Å²) in [5, 5.41) is 0. The number of carbonyl (C=O) groups excluding carboxylic acids is 2. The van der Waals surface area contributed by atoms with Gasteiger partial charge in [0.25, 0.3) is 7.82 Å². The second-order valence-corrected chi connectivity index (χ2v) is 18.5. The lowest BCUT2D eigenvalue weighted by Gasteiger charge is -2.28. The van der Waals surface area contributed by atoms with Gasteiger partial charge in [0.2, 0.25) is 0 Å². The number of phosphoric ester groups is 1. The van der Waals surface area contributed by atoms with Crippen LogP contribution in [-0.2, 0) is 32.7 Å². The first kappa shape index (κ1) is 54.8. The van der Waals surface area contributed by atoms with Crippen LogP contribution in [-0.4, -0.2) is 70.0 Å². The minimum Gasteiger partial charge on any atom is -0.756 e. The van der Waals surface area contributed by atoms with Gasteiger partial charge in [0.1, 0.15) is 19.8 Å². The number of likely N-dealkylation sites (N-methyl/N-ethyl adjacent to an activating group) is 1. The molecule has 0 aliphatic carbocycles. The van der Waals surface area contributed by atoms with Gasteiger partial charge < -0.3 is 27.9 Å². The molecule has 2 atom stereocenters. The second-order valence-electron chi connectivity index (χ2n) is 17.1. The number of quaternary nitrogens is 1. The molecule has 0 saturated heterocycles. The van der Waals surface area contributed by atoms with Gasteiger partial charge in [0.15, 0.2) is 6.10 Å². The lowest BCUT2D eigenvalue weighted by molar-refractivity contribution is -0.870. The number of phosphoric acid groups is 1. The molecule has 0 fully saturated rings. The van der Waals surface area contributed by atoms with Gasteiger partial charge in [-0.3, -0.25) is 14.2 Å². The van der Waals surface area contributed by atoms with E-state index in [1.54, 1.807) is 0 Å². The zero-order chi connectivity index (χ0) is 41.4. The zero-order valence-electron chi connectivity index (χ0n) is 37.3. The lowest BCUT2D eigenvalue weighted by Crippen LogP contribution is -2.37. The third-order valence-electron chi connectivity index (χ3n) is 10.3. The molecule has 0 amide bonds. The molecule has 56 heavy (non-hydrogen) atoms. The summed E-state index contributed by atoms with van der Waals surface area (Å²) in [4.78, 5) is 37.5. The van der Waals surface area contributed by atoms with Crippen molar-refractivity contribution in [3.8, 4) is 0 Å². The molecule has 0 aliphatic rings. The van der Waals surface area contributed by atoms with Crippen molar-refractivity contribution in [2.45, 2.75) is 225 Å². The van der Waals surface area contributed by atoms with Gasteiger partial charge in [0.05, 0.1) is 27.7 Å². The average molecular weight is 816 g/mol. The first-order chi connectivity index (χ1) is 27.0. The first-order valence-electron chi connectivity index (χ1n) is 23.4. The smallest absolute Gasteiger partial charge is 0.306 e. The van der Waals surface area contributed by atoms with E-state index in [1.807, 2.05) is 21.1 Å². The van der Waals surface area contributed by atoms with Crippen molar-refractivity contribution in [3.05, 3.63) is 12.2 Å². The van der Waals surface area contributed by atoms with Crippen LogP contribution in [0.5, 0.6) is 0 Å². The number of esters is 2. The summed E-state index contributed by atoms with van der Waals surface area (Å²) in [5.74, 6) is -0.835. The lowest BCUT2D eigenvalue weighted by atomic mass is 10.0. The summed E-state index contributed by atoms with van der Waals surface area (Å²) in [6, 6.07) is 0. The average Bonchev–Trinajstić information content (AvgIpc) is 3.15. The topological polar surface area (TPSA) is 111 Å². The third kappa shape index (κ3) is 42.4. The molecule has 0 aliphatic heterocycles. The Morgan fingerprint density at radius 1 is 0.536 bits per heavy atom. The van der Waals surface area contributed by atoms with Gasteiger partial charge in [-0.15, -0.1) is 0 Å². The van der Waals surface area contributed by atoms with Crippen molar-refractivity contribution in [3.63, 3.8) is 0 Å². The third-order valence-corrected chi connectivity index (χ3v) is 11.2. The van der Waals surface area contributed by atoms with E-state index in [-0.39, 0.29) is 32.0 Å². The highest BCUT2D eigenvalue weighted by molar-refractivity contribution is 7.45. The minimum absolute atomic E-state index is 0.0294. The molecule has 0 heterocycles. The molecule has 10 heteroatoms. The molecule has 1 unspecified atom stereocenters. The molecule has 0 aromatic rings. The van der Waals surface area contributed by atoms with Gasteiger partial charge in [-0.05, 0) is 32.1 Å². The van der Waals surface area contributed by atoms with Crippen molar-refractivity contribution < 1.29 is 42.1 Å². The van der Waals surface area contributed by atoms with Crippen LogP contribution < -0.4 is 4.89 Å². The monoisotopic (exact) mass is 816 g/mol. The fourth-order valence-electron chi connectivity index (χ4n) is 6.58. The maximum Gasteiger partial charge on any atom is 0.306 e. The van der Waals surface area contributed by atoms with E-state index in [9.17, 15) is 19.0 Å². The highest BCUT2D eigenvalue weighted by atomic mass is 31.2. The molecular formula is C46H90NO8P. The Hall–Kier alpha value is -1.25. The number of carbonyl (C=O) groups is 2. The first-order valence-corrected chi connectivity index (χ1v) is 24.9. The Morgan fingerprint density at radius 2 is 0.929 bits per heavy atom. The summed E-state index contributed by atoms with van der Waals surface area (Å²) in [6.45, 7) is 4.21. The number of ether oxygens (including phenoxy) is 2. The van der Waals surface area contributed by atoms with Crippen LogP contribution in [0.15, 0.2) is 12.2 Å². The van der Waals surface area contributed by atoms with Gasteiger partial charge in [-0.25, -0.2) is 0 Å². The number of allylic oxidation sites excluding steroid dienone is 2. The van der Waals surface area contributed by atoms with Crippen molar-refractivity contribution in [2.24, 2.45) is 0 Å². The van der Waals surface area contributed by atoms with Gasteiger partial charge in [-0.1, -0.05) is 187 Å². The fraction of sp³-hybridized carbons (Fsp3) is 0.913. The quantitative estimate of drug-likeness (QED) is 0.0197. The van der Waals surface area contributed by atoms with Crippen molar-refractivity contribution in [1.82, 2.24) is 0 Å². The maximum absolute atomic E-state index is 12.6. The Balaban J connectivity index is 4.18. The normalized spacial score (nSPS) is 13.6. The molecule has 0 bridgehead atoms. The van der Waals surface area contributed by atoms with Crippen molar-refractivity contribution in [1.29, 1.82) is 0 Å². The zero-order valence-corrected chi connectivity index (χ0v) is 38.2. The predicted octanol–water partition coefficient (Wildman–Crippen LogP) is 12.7. The molecular weight excluding hydrogens is 725 g/mol. The van der Waals surface area contributed by atoms with Crippen LogP contribution in [0.1, 0.15) is 219 Å². The second kappa shape index (κ2) is 39.2. The SMILES string of the molecule is CCCC/C=C/CCCCCCCC(=O)O[C@@H](COC(=O)CCCCCCCCCCCCCCCCCCCCCCC)COP(=O)([O-])OCC[N+](C)(C)C. The Morgan fingerprint density at radius 3 is 1.38 bits per heavy atom. The summed E-state index contributed by atoms with van der Waals surface area (Å²) in [6.07, 6.45) is 41.0. The molecule has 0 aromatic carbocycles. The molecule has 0 rings (SSSR count). The van der Waals surface area contributed by atoms with Crippen LogP contribution >= 0.6 is 7.82 Å².